The first-order chi connectivity index (χ1) is 13.8. The van der Waals surface area contributed by atoms with Gasteiger partial charge in [-0.1, -0.05) is 12.1 Å². The number of anilines is 3. The predicted molar refractivity (Wildman–Crippen MR) is 108 cm³/mol. The van der Waals surface area contributed by atoms with Crippen molar-refractivity contribution in [2.75, 3.05) is 41.8 Å². The first-order valence-electron chi connectivity index (χ1n) is 9.25. The molecule has 0 saturated carbocycles. The van der Waals surface area contributed by atoms with Crippen LogP contribution >= 0.6 is 0 Å². The zero-order valence-electron chi connectivity index (χ0n) is 15.4. The number of para-hydroxylation sites is 2. The van der Waals surface area contributed by atoms with E-state index in [1.54, 1.807) is 24.6 Å². The molecule has 1 fully saturated rings. The molecular formula is C21H22N4O3. The molecule has 144 valence electrons. The Kier molecular flexibility index (Phi) is 5.53. The second kappa shape index (κ2) is 8.58. The van der Waals surface area contributed by atoms with Crippen molar-refractivity contribution in [1.82, 2.24) is 4.98 Å². The molecule has 1 aliphatic heterocycles. The van der Waals surface area contributed by atoms with Gasteiger partial charge in [-0.3, -0.25) is 4.79 Å². The van der Waals surface area contributed by atoms with Gasteiger partial charge in [-0.15, -0.1) is 0 Å². The van der Waals surface area contributed by atoms with Crippen LogP contribution in [0.25, 0.3) is 0 Å². The minimum Gasteiger partial charge on any atom is -0.467 e. The molecule has 0 aliphatic carbocycles. The van der Waals surface area contributed by atoms with Gasteiger partial charge in [-0.05, 0) is 36.4 Å². The molecule has 2 aromatic heterocycles. The third-order valence-corrected chi connectivity index (χ3v) is 4.55. The fourth-order valence-corrected chi connectivity index (χ4v) is 3.08. The molecule has 7 nitrogen and oxygen atoms in total. The van der Waals surface area contributed by atoms with Crippen molar-refractivity contribution in [2.45, 2.75) is 6.54 Å². The largest absolute Gasteiger partial charge is 0.467 e. The van der Waals surface area contributed by atoms with E-state index in [4.69, 9.17) is 9.15 Å². The average molecular weight is 378 g/mol. The van der Waals surface area contributed by atoms with Crippen LogP contribution in [0.4, 0.5) is 17.2 Å². The lowest BCUT2D eigenvalue weighted by Crippen LogP contribution is -2.36. The first-order valence-corrected chi connectivity index (χ1v) is 9.25. The number of nitrogens with zero attached hydrogens (tertiary/aromatic N) is 2. The number of nitrogens with one attached hydrogen (secondary N) is 2. The summed E-state index contributed by atoms with van der Waals surface area (Å²) >= 11 is 0. The van der Waals surface area contributed by atoms with E-state index in [1.165, 1.54) is 0 Å². The summed E-state index contributed by atoms with van der Waals surface area (Å²) in [6.45, 7) is 3.55. The minimum absolute atomic E-state index is 0.189. The Morgan fingerprint density at radius 2 is 1.93 bits per heavy atom. The van der Waals surface area contributed by atoms with E-state index in [-0.39, 0.29) is 5.91 Å². The van der Waals surface area contributed by atoms with Crippen LogP contribution in [0.3, 0.4) is 0 Å². The van der Waals surface area contributed by atoms with E-state index >= 15 is 0 Å². The van der Waals surface area contributed by atoms with E-state index in [0.717, 1.165) is 30.2 Å². The highest BCUT2D eigenvalue weighted by molar-refractivity contribution is 6.05. The molecule has 3 heterocycles. The van der Waals surface area contributed by atoms with Gasteiger partial charge in [-0.2, -0.15) is 0 Å². The molecule has 3 aromatic rings. The van der Waals surface area contributed by atoms with E-state index < -0.39 is 0 Å². The third-order valence-electron chi connectivity index (χ3n) is 4.55. The molecule has 28 heavy (non-hydrogen) atoms. The zero-order valence-corrected chi connectivity index (χ0v) is 15.4. The van der Waals surface area contributed by atoms with Gasteiger partial charge in [0.15, 0.2) is 0 Å². The highest BCUT2D eigenvalue weighted by Gasteiger charge is 2.16. The van der Waals surface area contributed by atoms with Crippen molar-refractivity contribution < 1.29 is 13.9 Å². The Bertz CT molecular complexity index is 904. The third kappa shape index (κ3) is 4.32. The smallest absolute Gasteiger partial charge is 0.257 e. The summed E-state index contributed by atoms with van der Waals surface area (Å²) in [5.74, 6) is 1.32. The molecule has 1 aromatic carbocycles. The van der Waals surface area contributed by atoms with Gasteiger partial charge < -0.3 is 24.7 Å². The Morgan fingerprint density at radius 3 is 2.68 bits per heavy atom. The monoisotopic (exact) mass is 378 g/mol. The highest BCUT2D eigenvalue weighted by atomic mass is 16.5. The van der Waals surface area contributed by atoms with Crippen LogP contribution in [0.15, 0.2) is 65.4 Å². The molecule has 0 spiro atoms. The number of morpholine rings is 1. The van der Waals surface area contributed by atoms with Crippen molar-refractivity contribution >= 4 is 23.1 Å². The summed E-state index contributed by atoms with van der Waals surface area (Å²) in [5, 5.41) is 6.16. The molecule has 1 saturated heterocycles. The molecular weight excluding hydrogens is 356 g/mol. The second-order valence-corrected chi connectivity index (χ2v) is 6.44. The van der Waals surface area contributed by atoms with Gasteiger partial charge >= 0.3 is 0 Å². The summed E-state index contributed by atoms with van der Waals surface area (Å²) in [6, 6.07) is 15.1. The van der Waals surface area contributed by atoms with E-state index in [9.17, 15) is 4.79 Å². The lowest BCUT2D eigenvalue weighted by molar-refractivity contribution is 0.102. The van der Waals surface area contributed by atoms with Gasteiger partial charge in [0.2, 0.25) is 0 Å². The number of rotatable bonds is 6. The lowest BCUT2D eigenvalue weighted by Gasteiger charge is -2.30. The van der Waals surface area contributed by atoms with E-state index in [1.807, 2.05) is 36.4 Å². The number of carbonyl (C=O) groups is 1. The molecule has 0 atom stereocenters. The summed E-state index contributed by atoms with van der Waals surface area (Å²) in [4.78, 5) is 19.2. The van der Waals surface area contributed by atoms with Crippen LogP contribution in [-0.4, -0.2) is 37.2 Å². The highest BCUT2D eigenvalue weighted by Crippen LogP contribution is 2.26. The van der Waals surface area contributed by atoms with Crippen molar-refractivity contribution in [1.29, 1.82) is 0 Å². The van der Waals surface area contributed by atoms with Gasteiger partial charge in [0.05, 0.1) is 43.0 Å². The summed E-state index contributed by atoms with van der Waals surface area (Å²) in [6.07, 6.45) is 3.20. The quantitative estimate of drug-likeness (QED) is 0.685. The normalized spacial score (nSPS) is 13.9. The first kappa shape index (κ1) is 18.1. The number of amides is 1. The number of ether oxygens (including phenoxy) is 1. The van der Waals surface area contributed by atoms with E-state index in [0.29, 0.717) is 31.1 Å². The number of hydrogen-bond donors (Lipinski definition) is 2. The fourth-order valence-electron chi connectivity index (χ4n) is 3.08. The Morgan fingerprint density at radius 1 is 1.07 bits per heavy atom. The van der Waals surface area contributed by atoms with Crippen LogP contribution < -0.4 is 15.5 Å². The van der Waals surface area contributed by atoms with Crippen LogP contribution in [-0.2, 0) is 11.3 Å². The summed E-state index contributed by atoms with van der Waals surface area (Å²) in [7, 11) is 0. The predicted octanol–water partition coefficient (Wildman–Crippen LogP) is 3.38. The van der Waals surface area contributed by atoms with Crippen LogP contribution in [0.1, 0.15) is 16.1 Å². The maximum atomic E-state index is 12.7. The molecule has 1 amide bonds. The molecule has 1 aliphatic rings. The van der Waals surface area contributed by atoms with Crippen LogP contribution in [0.2, 0.25) is 0 Å². The SMILES string of the molecule is O=C(Nc1ccccc1N1CCOCC1)c1ccc(NCc2ccco2)nc1. The zero-order chi connectivity index (χ0) is 19.2. The second-order valence-electron chi connectivity index (χ2n) is 6.44. The topological polar surface area (TPSA) is 79.6 Å². The van der Waals surface area contributed by atoms with Crippen molar-refractivity contribution in [3.8, 4) is 0 Å². The minimum atomic E-state index is -0.189. The van der Waals surface area contributed by atoms with Crippen LogP contribution in [0.5, 0.6) is 0 Å². The van der Waals surface area contributed by atoms with Gasteiger partial charge in [0, 0.05) is 19.3 Å². The number of pyridine rings is 1. The van der Waals surface area contributed by atoms with Crippen molar-refractivity contribution in [2.24, 2.45) is 0 Å². The standard InChI is InChI=1S/C21H22N4O3/c26-21(16-7-8-20(22-14-16)23-15-17-4-3-11-28-17)24-18-5-1-2-6-19(18)25-9-12-27-13-10-25/h1-8,11,14H,9-10,12-13,15H2,(H,22,23)(H,24,26). The molecule has 0 bridgehead atoms. The van der Waals surface area contributed by atoms with Crippen molar-refractivity contribution in [3.63, 3.8) is 0 Å². The maximum absolute atomic E-state index is 12.7. The summed E-state index contributed by atoms with van der Waals surface area (Å²) in [5.41, 5.74) is 2.29. The van der Waals surface area contributed by atoms with Gasteiger partial charge in [-0.25, -0.2) is 4.98 Å². The summed E-state index contributed by atoms with van der Waals surface area (Å²) < 4.78 is 10.7. The molecule has 4 rings (SSSR count). The molecule has 0 unspecified atom stereocenters. The van der Waals surface area contributed by atoms with Crippen molar-refractivity contribution in [3.05, 3.63) is 72.3 Å². The Balaban J connectivity index is 1.41. The number of carbonyl (C=O) groups excluding carboxylic acids is 1. The fraction of sp³-hybridized carbons (Fsp3) is 0.238. The number of benzene rings is 1. The molecule has 2 N–H and O–H groups in total. The Labute approximate surface area is 163 Å². The molecule has 0 radical (unpaired) electrons. The average Bonchev–Trinajstić information content (AvgIpc) is 3.27. The number of aromatic nitrogens is 1. The maximum Gasteiger partial charge on any atom is 0.257 e. The number of hydrogen-bond acceptors (Lipinski definition) is 6. The van der Waals surface area contributed by atoms with Gasteiger partial charge in [0.1, 0.15) is 11.6 Å². The number of furan rings is 1. The van der Waals surface area contributed by atoms with E-state index in [2.05, 4.69) is 20.5 Å². The lowest BCUT2D eigenvalue weighted by atomic mass is 10.2. The van der Waals surface area contributed by atoms with Gasteiger partial charge in [0.25, 0.3) is 5.91 Å². The Hall–Kier alpha value is -3.32. The molecule has 7 heteroatoms. The van der Waals surface area contributed by atoms with Crippen LogP contribution in [0, 0.1) is 0 Å².